The van der Waals surface area contributed by atoms with Gasteiger partial charge in [-0.1, -0.05) is 11.8 Å². The van der Waals surface area contributed by atoms with Crippen molar-refractivity contribution in [1.82, 2.24) is 20.8 Å². The second kappa shape index (κ2) is 6.44. The van der Waals surface area contributed by atoms with Gasteiger partial charge in [0.1, 0.15) is 5.76 Å². The summed E-state index contributed by atoms with van der Waals surface area (Å²) in [6.45, 7) is 3.42. The molecule has 9 heteroatoms. The average Bonchev–Trinajstić information content (AvgIpc) is 3.07. The topological polar surface area (TPSA) is 110 Å². The second-order valence-electron chi connectivity index (χ2n) is 4.09. The zero-order chi connectivity index (χ0) is 15.4. The van der Waals surface area contributed by atoms with Crippen molar-refractivity contribution in [2.75, 3.05) is 7.05 Å². The van der Waals surface area contributed by atoms with Crippen molar-refractivity contribution in [3.8, 4) is 11.5 Å². The van der Waals surface area contributed by atoms with Crippen molar-refractivity contribution in [1.29, 1.82) is 0 Å². The zero-order valence-corrected chi connectivity index (χ0v) is 12.5. The molecule has 0 spiro atoms. The highest BCUT2D eigenvalue weighted by Crippen LogP contribution is 2.28. The normalized spacial score (nSPS) is 12.0. The summed E-state index contributed by atoms with van der Waals surface area (Å²) in [5.74, 6) is 0.543. The molecule has 0 radical (unpaired) electrons. The number of aryl methyl sites for hydroxylation is 1. The number of amides is 3. The molecule has 2 rings (SSSR count). The third-order valence-corrected chi connectivity index (χ3v) is 3.54. The molecule has 0 bridgehead atoms. The van der Waals surface area contributed by atoms with Crippen LogP contribution < -0.4 is 10.6 Å². The number of imide groups is 1. The summed E-state index contributed by atoms with van der Waals surface area (Å²) in [6.07, 6.45) is 1.53. The summed E-state index contributed by atoms with van der Waals surface area (Å²) in [6, 6.07) is 1.16. The van der Waals surface area contributed by atoms with Gasteiger partial charge in [0.25, 0.3) is 11.1 Å². The van der Waals surface area contributed by atoms with Gasteiger partial charge >= 0.3 is 6.03 Å². The molecule has 1 atom stereocenters. The first-order valence-corrected chi connectivity index (χ1v) is 6.96. The van der Waals surface area contributed by atoms with E-state index in [0.717, 1.165) is 11.8 Å². The lowest BCUT2D eigenvalue weighted by Crippen LogP contribution is -2.41. The van der Waals surface area contributed by atoms with E-state index in [2.05, 4.69) is 20.8 Å². The molecule has 2 aromatic heterocycles. The molecule has 0 fully saturated rings. The standard InChI is InChI=1S/C12H14N4O4S/c1-6-8(4-5-19-6)10-15-16-12(20-10)21-7(2)9(17)14-11(18)13-3/h4-5,7H,1-3H3,(H2,13,14,17,18)/t7-/m1/s1. The average molecular weight is 310 g/mol. The lowest BCUT2D eigenvalue weighted by Gasteiger charge is -2.07. The van der Waals surface area contributed by atoms with Crippen molar-refractivity contribution in [3.05, 3.63) is 18.1 Å². The Labute approximate surface area is 124 Å². The highest BCUT2D eigenvalue weighted by Gasteiger charge is 2.20. The van der Waals surface area contributed by atoms with Crippen molar-refractivity contribution in [2.45, 2.75) is 24.3 Å². The Morgan fingerprint density at radius 3 is 2.76 bits per heavy atom. The van der Waals surface area contributed by atoms with E-state index in [-0.39, 0.29) is 5.22 Å². The fourth-order valence-electron chi connectivity index (χ4n) is 1.45. The van der Waals surface area contributed by atoms with Crippen LogP contribution in [0.5, 0.6) is 0 Å². The van der Waals surface area contributed by atoms with Gasteiger partial charge in [0, 0.05) is 7.05 Å². The smallest absolute Gasteiger partial charge is 0.321 e. The molecule has 0 aliphatic rings. The Hall–Kier alpha value is -2.29. The van der Waals surface area contributed by atoms with Crippen LogP contribution in [0.15, 0.2) is 26.4 Å². The minimum Gasteiger partial charge on any atom is -0.469 e. The van der Waals surface area contributed by atoms with Gasteiger partial charge in [0.2, 0.25) is 5.91 Å². The van der Waals surface area contributed by atoms with Gasteiger partial charge in [-0.25, -0.2) is 4.79 Å². The van der Waals surface area contributed by atoms with Gasteiger partial charge in [0.05, 0.1) is 17.1 Å². The third kappa shape index (κ3) is 3.63. The van der Waals surface area contributed by atoms with Crippen LogP contribution in [-0.4, -0.2) is 34.4 Å². The Morgan fingerprint density at radius 1 is 1.38 bits per heavy atom. The molecule has 0 saturated carbocycles. The van der Waals surface area contributed by atoms with Crippen molar-refractivity contribution in [3.63, 3.8) is 0 Å². The number of rotatable bonds is 4. The first kappa shape index (κ1) is 15.1. The molecule has 0 aromatic carbocycles. The fourth-order valence-corrected chi connectivity index (χ4v) is 2.14. The van der Waals surface area contributed by atoms with Crippen LogP contribution in [0.3, 0.4) is 0 Å². The zero-order valence-electron chi connectivity index (χ0n) is 11.7. The van der Waals surface area contributed by atoms with Gasteiger partial charge in [-0.05, 0) is 19.9 Å². The Kier molecular flexibility index (Phi) is 4.63. The largest absolute Gasteiger partial charge is 0.469 e. The van der Waals surface area contributed by atoms with E-state index >= 15 is 0 Å². The highest BCUT2D eigenvalue weighted by atomic mass is 32.2. The Balaban J connectivity index is 2.01. The quantitative estimate of drug-likeness (QED) is 0.825. The Bertz CT molecular complexity index is 651. The number of urea groups is 1. The minimum atomic E-state index is -0.562. The first-order valence-electron chi connectivity index (χ1n) is 6.08. The van der Waals surface area contributed by atoms with E-state index in [4.69, 9.17) is 8.83 Å². The van der Waals surface area contributed by atoms with Crippen LogP contribution in [0.2, 0.25) is 0 Å². The van der Waals surface area contributed by atoms with Gasteiger partial charge in [0.15, 0.2) is 0 Å². The third-order valence-electron chi connectivity index (χ3n) is 2.61. The number of furan rings is 1. The molecule has 2 aromatic rings. The first-order chi connectivity index (χ1) is 10.0. The highest BCUT2D eigenvalue weighted by molar-refractivity contribution is 8.00. The molecule has 2 heterocycles. The van der Waals surface area contributed by atoms with Crippen LogP contribution in [0.4, 0.5) is 4.79 Å². The van der Waals surface area contributed by atoms with Gasteiger partial charge in [-0.15, -0.1) is 10.2 Å². The maximum atomic E-state index is 11.7. The predicted octanol–water partition coefficient (Wildman–Crippen LogP) is 1.57. The molecule has 0 unspecified atom stereocenters. The van der Waals surface area contributed by atoms with Gasteiger partial charge in [-0.3, -0.25) is 10.1 Å². The second-order valence-corrected chi connectivity index (χ2v) is 5.38. The van der Waals surface area contributed by atoms with E-state index in [1.807, 2.05) is 0 Å². The molecule has 112 valence electrons. The van der Waals surface area contributed by atoms with Crippen LogP contribution in [0.25, 0.3) is 11.5 Å². The van der Waals surface area contributed by atoms with Crippen LogP contribution in [0.1, 0.15) is 12.7 Å². The summed E-state index contributed by atoms with van der Waals surface area (Å²) >= 11 is 1.07. The number of hydrogen-bond acceptors (Lipinski definition) is 7. The number of nitrogens with zero attached hydrogens (tertiary/aromatic N) is 2. The lowest BCUT2D eigenvalue weighted by atomic mass is 10.3. The predicted molar refractivity (Wildman–Crippen MR) is 74.7 cm³/mol. The van der Waals surface area contributed by atoms with Crippen LogP contribution in [-0.2, 0) is 4.79 Å². The lowest BCUT2D eigenvalue weighted by molar-refractivity contribution is -0.119. The number of aromatic nitrogens is 2. The summed E-state index contributed by atoms with van der Waals surface area (Å²) in [4.78, 5) is 22.8. The van der Waals surface area contributed by atoms with E-state index in [1.165, 1.54) is 13.3 Å². The monoisotopic (exact) mass is 310 g/mol. The molecule has 0 saturated heterocycles. The number of thioether (sulfide) groups is 1. The molecular weight excluding hydrogens is 296 g/mol. The molecule has 8 nitrogen and oxygen atoms in total. The van der Waals surface area contributed by atoms with E-state index < -0.39 is 17.2 Å². The number of carbonyl (C=O) groups excluding carboxylic acids is 2. The molecule has 0 aliphatic heterocycles. The van der Waals surface area contributed by atoms with E-state index in [0.29, 0.717) is 17.2 Å². The van der Waals surface area contributed by atoms with E-state index in [9.17, 15) is 9.59 Å². The maximum Gasteiger partial charge on any atom is 0.321 e. The molecular formula is C12H14N4O4S. The SMILES string of the molecule is CNC(=O)NC(=O)[C@@H](C)Sc1nnc(-c2ccoc2C)o1. The number of carbonyl (C=O) groups is 2. The maximum absolute atomic E-state index is 11.7. The van der Waals surface area contributed by atoms with Gasteiger partial charge in [-0.2, -0.15) is 0 Å². The van der Waals surface area contributed by atoms with Crippen molar-refractivity contribution in [2.24, 2.45) is 0 Å². The molecule has 2 N–H and O–H groups in total. The minimum absolute atomic E-state index is 0.241. The van der Waals surface area contributed by atoms with Crippen molar-refractivity contribution < 1.29 is 18.4 Å². The Morgan fingerprint density at radius 2 is 2.14 bits per heavy atom. The van der Waals surface area contributed by atoms with Gasteiger partial charge < -0.3 is 14.2 Å². The van der Waals surface area contributed by atoms with Crippen molar-refractivity contribution >= 4 is 23.7 Å². The molecule has 3 amide bonds. The van der Waals surface area contributed by atoms with Crippen LogP contribution in [0, 0.1) is 6.92 Å². The molecule has 21 heavy (non-hydrogen) atoms. The number of hydrogen-bond donors (Lipinski definition) is 2. The van der Waals surface area contributed by atoms with Crippen LogP contribution >= 0.6 is 11.8 Å². The summed E-state index contributed by atoms with van der Waals surface area (Å²) in [5, 5.41) is 11.9. The fraction of sp³-hybridized carbons (Fsp3) is 0.333. The molecule has 0 aliphatic carbocycles. The number of nitrogens with one attached hydrogen (secondary N) is 2. The summed E-state index contributed by atoms with van der Waals surface area (Å²) in [7, 11) is 1.43. The van der Waals surface area contributed by atoms with E-state index in [1.54, 1.807) is 19.9 Å². The summed E-state index contributed by atoms with van der Waals surface area (Å²) < 4.78 is 10.6. The summed E-state index contributed by atoms with van der Waals surface area (Å²) in [5.41, 5.74) is 0.705.